The normalized spacial score (nSPS) is 12.3. The molecule has 1 heterocycles. The first-order valence-electron chi connectivity index (χ1n) is 6.32. The van der Waals surface area contributed by atoms with Crippen molar-refractivity contribution in [2.75, 3.05) is 19.0 Å². The van der Waals surface area contributed by atoms with Crippen LogP contribution in [0.3, 0.4) is 0 Å². The number of hydrogen-bond acceptors (Lipinski definition) is 5. The zero-order valence-electron chi connectivity index (χ0n) is 11.4. The smallest absolute Gasteiger partial charge is 0.314 e. The van der Waals surface area contributed by atoms with Gasteiger partial charge in [0.05, 0.1) is 23.6 Å². The number of fused-ring (bicyclic) bond motifs is 1. The molecule has 2 rings (SSSR count). The lowest BCUT2D eigenvalue weighted by Gasteiger charge is -2.12. The maximum absolute atomic E-state index is 11.8. The van der Waals surface area contributed by atoms with Crippen LogP contribution in [0.15, 0.2) is 27.8 Å². The second-order valence-electron chi connectivity index (χ2n) is 4.51. The highest BCUT2D eigenvalue weighted by atomic mass is 16.5. The molecule has 5 N–H and O–H groups in total. The third-order valence-electron chi connectivity index (χ3n) is 3.02. The number of carbonyl (C=O) groups excluding carboxylic acids is 1. The predicted octanol–water partition coefficient (Wildman–Crippen LogP) is -0.481. The molecular weight excluding hydrogens is 276 g/mol. The molecule has 0 fully saturated rings. The van der Waals surface area contributed by atoms with Gasteiger partial charge in [0, 0.05) is 19.3 Å². The van der Waals surface area contributed by atoms with E-state index in [0.29, 0.717) is 16.7 Å². The predicted molar refractivity (Wildman–Crippen MR) is 78.3 cm³/mol. The molecule has 8 nitrogen and oxygen atoms in total. The fraction of sp³-hybridized carbons (Fsp3) is 0.308. The van der Waals surface area contributed by atoms with Crippen LogP contribution in [0.2, 0.25) is 0 Å². The molecule has 0 spiro atoms. The Morgan fingerprint density at radius 3 is 2.57 bits per heavy atom. The van der Waals surface area contributed by atoms with Gasteiger partial charge in [-0.05, 0) is 18.2 Å². The molecule has 0 aliphatic rings. The van der Waals surface area contributed by atoms with Gasteiger partial charge in [-0.3, -0.25) is 14.4 Å². The van der Waals surface area contributed by atoms with Gasteiger partial charge in [-0.2, -0.15) is 0 Å². The average Bonchev–Trinajstić information content (AvgIpc) is 2.46. The molecule has 1 aromatic carbocycles. The van der Waals surface area contributed by atoms with Gasteiger partial charge < -0.3 is 25.8 Å². The van der Waals surface area contributed by atoms with E-state index in [1.165, 1.54) is 7.11 Å². The number of H-pyrrole nitrogens is 2. The quantitative estimate of drug-likeness (QED) is 0.553. The molecule has 0 saturated heterocycles. The fourth-order valence-electron chi connectivity index (χ4n) is 1.87. The van der Waals surface area contributed by atoms with Crippen LogP contribution in [-0.2, 0) is 9.53 Å². The second kappa shape index (κ2) is 6.33. The summed E-state index contributed by atoms with van der Waals surface area (Å²) in [5.74, 6) is -0.251. The first-order valence-corrected chi connectivity index (χ1v) is 6.32. The number of methoxy groups -OCH3 is 1. The number of benzene rings is 1. The summed E-state index contributed by atoms with van der Waals surface area (Å²) >= 11 is 0. The van der Waals surface area contributed by atoms with Crippen molar-refractivity contribution in [3.05, 3.63) is 38.9 Å². The van der Waals surface area contributed by atoms with Crippen molar-refractivity contribution in [2.24, 2.45) is 5.73 Å². The molecule has 8 heteroatoms. The highest BCUT2D eigenvalue weighted by Gasteiger charge is 2.11. The van der Waals surface area contributed by atoms with Crippen molar-refractivity contribution in [1.82, 2.24) is 9.97 Å². The summed E-state index contributed by atoms with van der Waals surface area (Å²) in [5.41, 5.74) is 5.41. The molecule has 1 aromatic heterocycles. The Kier molecular flexibility index (Phi) is 4.51. The highest BCUT2D eigenvalue weighted by Crippen LogP contribution is 2.14. The van der Waals surface area contributed by atoms with E-state index in [0.717, 1.165) is 0 Å². The molecule has 0 aliphatic heterocycles. The zero-order chi connectivity index (χ0) is 15.4. The van der Waals surface area contributed by atoms with Crippen LogP contribution in [0, 0.1) is 0 Å². The van der Waals surface area contributed by atoms with E-state index in [1.807, 2.05) is 0 Å². The average molecular weight is 292 g/mol. The molecule has 1 atom stereocenters. The van der Waals surface area contributed by atoms with E-state index in [-0.39, 0.29) is 25.0 Å². The third-order valence-corrected chi connectivity index (χ3v) is 3.02. The summed E-state index contributed by atoms with van der Waals surface area (Å²) in [7, 11) is 1.49. The molecule has 0 radical (unpaired) electrons. The van der Waals surface area contributed by atoms with Gasteiger partial charge in [0.1, 0.15) is 0 Å². The zero-order valence-corrected chi connectivity index (χ0v) is 11.4. The van der Waals surface area contributed by atoms with Crippen LogP contribution in [0.25, 0.3) is 11.0 Å². The fourth-order valence-corrected chi connectivity index (χ4v) is 1.87. The van der Waals surface area contributed by atoms with Crippen LogP contribution in [0.1, 0.15) is 6.42 Å². The monoisotopic (exact) mass is 292 g/mol. The Morgan fingerprint density at radius 2 is 1.95 bits per heavy atom. The number of anilines is 1. The Morgan fingerprint density at radius 1 is 1.29 bits per heavy atom. The minimum absolute atomic E-state index is 0.132. The number of amides is 1. The number of aromatic nitrogens is 2. The second-order valence-corrected chi connectivity index (χ2v) is 4.51. The number of rotatable bonds is 5. The van der Waals surface area contributed by atoms with E-state index in [9.17, 15) is 14.4 Å². The van der Waals surface area contributed by atoms with E-state index in [1.54, 1.807) is 18.2 Å². The van der Waals surface area contributed by atoms with Crippen molar-refractivity contribution in [3.8, 4) is 0 Å². The molecule has 1 unspecified atom stereocenters. The van der Waals surface area contributed by atoms with Crippen molar-refractivity contribution < 1.29 is 9.53 Å². The van der Waals surface area contributed by atoms with Gasteiger partial charge in [0.25, 0.3) is 0 Å². The third kappa shape index (κ3) is 3.56. The first-order chi connectivity index (χ1) is 10.0. The lowest BCUT2D eigenvalue weighted by molar-refractivity contribution is -0.118. The van der Waals surface area contributed by atoms with Crippen LogP contribution in [-0.4, -0.2) is 35.6 Å². The molecular formula is C13H16N4O4. The van der Waals surface area contributed by atoms with Gasteiger partial charge in [-0.1, -0.05) is 0 Å². The molecule has 1 amide bonds. The van der Waals surface area contributed by atoms with Crippen LogP contribution in [0.5, 0.6) is 0 Å². The summed E-state index contributed by atoms with van der Waals surface area (Å²) in [4.78, 5) is 39.2. The molecule has 0 aliphatic carbocycles. The van der Waals surface area contributed by atoms with Gasteiger partial charge in [0.2, 0.25) is 5.91 Å². The summed E-state index contributed by atoms with van der Waals surface area (Å²) in [6.45, 7) is 0.246. The van der Waals surface area contributed by atoms with E-state index < -0.39 is 11.1 Å². The Labute approximate surface area is 119 Å². The first kappa shape index (κ1) is 14.9. The lowest BCUT2D eigenvalue weighted by atomic mass is 10.2. The molecule has 0 saturated carbocycles. The van der Waals surface area contributed by atoms with E-state index in [2.05, 4.69) is 15.3 Å². The highest BCUT2D eigenvalue weighted by molar-refractivity contribution is 5.93. The van der Waals surface area contributed by atoms with Crippen molar-refractivity contribution >= 4 is 22.6 Å². The van der Waals surface area contributed by atoms with E-state index in [4.69, 9.17) is 10.5 Å². The van der Waals surface area contributed by atoms with E-state index >= 15 is 0 Å². The standard InChI is InChI=1S/C13H16N4O4/c1-21-8(6-14)5-11(18)15-7-2-3-9-10(4-7)17-13(20)12(19)16-9/h2-4,8H,5-6,14H2,1H3,(H,15,18)(H,16,19)(H,17,20). The topological polar surface area (TPSA) is 130 Å². The lowest BCUT2D eigenvalue weighted by Crippen LogP contribution is -2.29. The van der Waals surface area contributed by atoms with Crippen LogP contribution >= 0.6 is 0 Å². The van der Waals surface area contributed by atoms with Gasteiger partial charge in [-0.15, -0.1) is 0 Å². The van der Waals surface area contributed by atoms with Crippen LogP contribution in [0.4, 0.5) is 5.69 Å². The van der Waals surface area contributed by atoms with Crippen LogP contribution < -0.4 is 22.2 Å². The van der Waals surface area contributed by atoms with Crippen molar-refractivity contribution in [1.29, 1.82) is 0 Å². The molecule has 112 valence electrons. The maximum Gasteiger partial charge on any atom is 0.314 e. The Hall–Kier alpha value is -2.45. The van der Waals surface area contributed by atoms with Crippen molar-refractivity contribution in [3.63, 3.8) is 0 Å². The summed E-state index contributed by atoms with van der Waals surface area (Å²) in [5, 5.41) is 2.68. The number of nitrogens with two attached hydrogens (primary N) is 1. The van der Waals surface area contributed by atoms with Gasteiger partial charge >= 0.3 is 11.1 Å². The Bertz CT molecular complexity index is 761. The summed E-state index contributed by atoms with van der Waals surface area (Å²) < 4.78 is 5.03. The minimum Gasteiger partial charge on any atom is -0.380 e. The molecule has 0 bridgehead atoms. The van der Waals surface area contributed by atoms with Gasteiger partial charge in [0.15, 0.2) is 0 Å². The number of aromatic amines is 2. The van der Waals surface area contributed by atoms with Crippen molar-refractivity contribution in [2.45, 2.75) is 12.5 Å². The SMILES string of the molecule is COC(CN)CC(=O)Nc1ccc2[nH]c(=O)c(=O)[nH]c2c1. The molecule has 21 heavy (non-hydrogen) atoms. The molecule has 2 aromatic rings. The maximum atomic E-state index is 11.8. The minimum atomic E-state index is -0.742. The summed E-state index contributed by atoms with van der Waals surface area (Å²) in [6.07, 6.45) is -0.214. The summed E-state index contributed by atoms with van der Waals surface area (Å²) in [6, 6.07) is 4.78. The number of ether oxygens (including phenoxy) is 1. The number of hydrogen-bond donors (Lipinski definition) is 4. The number of carbonyl (C=O) groups is 1. The largest absolute Gasteiger partial charge is 0.380 e. The van der Waals surface area contributed by atoms with Gasteiger partial charge in [-0.25, -0.2) is 0 Å². The Balaban J connectivity index is 2.19. The number of nitrogens with one attached hydrogen (secondary N) is 3.